The van der Waals surface area contributed by atoms with Crippen LogP contribution in [0.4, 0.5) is 0 Å². The van der Waals surface area contributed by atoms with E-state index < -0.39 is 27.9 Å². The van der Waals surface area contributed by atoms with Crippen molar-refractivity contribution in [3.05, 3.63) is 22.4 Å². The minimum atomic E-state index is -3.46. The van der Waals surface area contributed by atoms with Gasteiger partial charge in [-0.05, 0) is 34.8 Å². The lowest BCUT2D eigenvalue weighted by atomic mass is 10.0. The molecule has 0 aromatic carbocycles. The van der Waals surface area contributed by atoms with Gasteiger partial charge in [0.2, 0.25) is 10.0 Å². The first-order valence-electron chi connectivity index (χ1n) is 7.09. The molecule has 0 unspecified atom stereocenters. The van der Waals surface area contributed by atoms with Crippen molar-refractivity contribution >= 4 is 37.8 Å². The number of hydrogen-bond acceptors (Lipinski definition) is 4. The van der Waals surface area contributed by atoms with Crippen LogP contribution in [0.3, 0.4) is 0 Å². The molecule has 1 aliphatic rings. The van der Waals surface area contributed by atoms with E-state index in [9.17, 15) is 18.0 Å². The number of nitrogens with one attached hydrogen (secondary N) is 2. The molecule has 8 nitrogen and oxygen atoms in total. The molecule has 0 radical (unpaired) electrons. The van der Waals surface area contributed by atoms with E-state index in [1.807, 2.05) is 0 Å². The van der Waals surface area contributed by atoms with Crippen molar-refractivity contribution in [1.29, 1.82) is 0 Å². The van der Waals surface area contributed by atoms with Crippen LogP contribution in [0.2, 0.25) is 0 Å². The Morgan fingerprint density at radius 2 is 2.00 bits per heavy atom. The van der Waals surface area contributed by atoms with E-state index in [0.29, 0.717) is 18.7 Å². The minimum Gasteiger partial charge on any atom is -0.345 e. The molecule has 2 amide bonds. The maximum Gasteiger partial charge on any atom is 0.286 e. The summed E-state index contributed by atoms with van der Waals surface area (Å²) in [5, 5.41) is 0. The van der Waals surface area contributed by atoms with Crippen LogP contribution < -0.4 is 10.9 Å². The number of carbonyl (C=O) groups excluding carboxylic acids is 2. The minimum absolute atomic E-state index is 0.315. The molecular formula is C13H19BrN4O4S. The van der Waals surface area contributed by atoms with Crippen LogP contribution >= 0.6 is 15.9 Å². The molecule has 10 heteroatoms. The van der Waals surface area contributed by atoms with Gasteiger partial charge in [-0.3, -0.25) is 20.4 Å². The predicted molar refractivity (Wildman–Crippen MR) is 87.9 cm³/mol. The zero-order valence-corrected chi connectivity index (χ0v) is 15.3. The zero-order valence-electron chi connectivity index (χ0n) is 12.9. The molecule has 1 aromatic rings. The average Bonchev–Trinajstić information content (AvgIpc) is 2.82. The molecule has 1 fully saturated rings. The van der Waals surface area contributed by atoms with Crippen LogP contribution in [0.5, 0.6) is 0 Å². The fourth-order valence-electron chi connectivity index (χ4n) is 2.58. The number of hydrazine groups is 1. The number of hydrogen-bond donors (Lipinski definition) is 2. The standard InChI is InChI=1S/C13H19BrN4O4S/c1-17-8-9(14)7-11(17)13(20)16-15-12(19)10-5-3-4-6-18(10)23(2,21)22/h7-8,10H,3-6H2,1-2H3,(H,15,19)(H,16,20)/t10-/m0/s1. The van der Waals surface area contributed by atoms with E-state index in [4.69, 9.17) is 0 Å². The third-order valence-corrected chi connectivity index (χ3v) is 5.41. The van der Waals surface area contributed by atoms with Gasteiger partial charge < -0.3 is 4.57 Å². The predicted octanol–water partition coefficient (Wildman–Crippen LogP) is 0.363. The molecule has 0 saturated carbocycles. The fourth-order valence-corrected chi connectivity index (χ4v) is 4.23. The Balaban J connectivity index is 2.01. The lowest BCUT2D eigenvalue weighted by molar-refractivity contribution is -0.126. The molecule has 1 aliphatic heterocycles. The number of sulfonamides is 1. The van der Waals surface area contributed by atoms with E-state index in [-0.39, 0.29) is 0 Å². The van der Waals surface area contributed by atoms with Gasteiger partial charge in [0, 0.05) is 24.3 Å². The fraction of sp³-hybridized carbons (Fsp3) is 0.538. The second-order valence-electron chi connectivity index (χ2n) is 5.48. The van der Waals surface area contributed by atoms with E-state index in [1.165, 1.54) is 4.31 Å². The van der Waals surface area contributed by atoms with Crippen LogP contribution in [0, 0.1) is 0 Å². The summed E-state index contributed by atoms with van der Waals surface area (Å²) < 4.78 is 27.0. The Labute approximate surface area is 143 Å². The van der Waals surface area contributed by atoms with Crippen molar-refractivity contribution in [3.8, 4) is 0 Å². The maximum absolute atomic E-state index is 12.2. The van der Waals surface area contributed by atoms with Crippen LogP contribution in [-0.2, 0) is 21.9 Å². The highest BCUT2D eigenvalue weighted by atomic mass is 79.9. The van der Waals surface area contributed by atoms with Gasteiger partial charge in [-0.15, -0.1) is 0 Å². The number of nitrogens with zero attached hydrogens (tertiary/aromatic N) is 2. The van der Waals surface area contributed by atoms with Gasteiger partial charge in [-0.25, -0.2) is 8.42 Å². The summed E-state index contributed by atoms with van der Waals surface area (Å²) in [4.78, 5) is 24.3. The van der Waals surface area contributed by atoms with Crippen molar-refractivity contribution in [1.82, 2.24) is 19.7 Å². The highest BCUT2D eigenvalue weighted by Gasteiger charge is 2.34. The number of carbonyl (C=O) groups is 2. The monoisotopic (exact) mass is 406 g/mol. The summed E-state index contributed by atoms with van der Waals surface area (Å²) in [5.41, 5.74) is 5.00. The van der Waals surface area contributed by atoms with Gasteiger partial charge in [0.25, 0.3) is 11.8 Å². The molecule has 2 rings (SSSR count). The molecule has 1 atom stereocenters. The first-order valence-corrected chi connectivity index (χ1v) is 9.73. The highest BCUT2D eigenvalue weighted by Crippen LogP contribution is 2.19. The summed E-state index contributed by atoms with van der Waals surface area (Å²) in [6.07, 6.45) is 4.72. The molecule has 0 spiro atoms. The number of rotatable bonds is 3. The van der Waals surface area contributed by atoms with Crippen molar-refractivity contribution in [3.63, 3.8) is 0 Å². The molecule has 2 heterocycles. The largest absolute Gasteiger partial charge is 0.345 e. The van der Waals surface area contributed by atoms with E-state index in [2.05, 4.69) is 26.8 Å². The van der Waals surface area contributed by atoms with Crippen LogP contribution in [0.15, 0.2) is 16.7 Å². The van der Waals surface area contributed by atoms with E-state index in [0.717, 1.165) is 23.6 Å². The number of halogens is 1. The summed E-state index contributed by atoms with van der Waals surface area (Å²) in [5.74, 6) is -1.01. The van der Waals surface area contributed by atoms with Crippen molar-refractivity contribution < 1.29 is 18.0 Å². The Kier molecular flexibility index (Phi) is 5.48. The lowest BCUT2D eigenvalue weighted by Gasteiger charge is -2.32. The number of aromatic nitrogens is 1. The molecule has 128 valence electrons. The summed E-state index contributed by atoms with van der Waals surface area (Å²) in [6, 6.07) is 0.824. The number of piperidine rings is 1. The summed E-state index contributed by atoms with van der Waals surface area (Å²) in [7, 11) is -1.76. The lowest BCUT2D eigenvalue weighted by Crippen LogP contribution is -2.55. The Morgan fingerprint density at radius 1 is 1.30 bits per heavy atom. The summed E-state index contributed by atoms with van der Waals surface area (Å²) >= 11 is 3.26. The van der Waals surface area contributed by atoms with Crippen LogP contribution in [0.25, 0.3) is 0 Å². The Bertz CT molecular complexity index is 716. The molecule has 1 saturated heterocycles. The quantitative estimate of drug-likeness (QED) is 0.707. The van der Waals surface area contributed by atoms with E-state index >= 15 is 0 Å². The molecular weight excluding hydrogens is 388 g/mol. The first-order chi connectivity index (χ1) is 10.7. The van der Waals surface area contributed by atoms with Crippen molar-refractivity contribution in [2.75, 3.05) is 12.8 Å². The SMILES string of the molecule is Cn1cc(Br)cc1C(=O)NNC(=O)[C@@H]1CCCCN1S(C)(=O)=O. The topological polar surface area (TPSA) is 101 Å². The van der Waals surface area contributed by atoms with Gasteiger partial charge >= 0.3 is 0 Å². The first kappa shape index (κ1) is 18.0. The van der Waals surface area contributed by atoms with Gasteiger partial charge in [0.15, 0.2) is 0 Å². The number of amides is 2. The molecule has 0 aliphatic carbocycles. The molecule has 23 heavy (non-hydrogen) atoms. The van der Waals surface area contributed by atoms with Crippen molar-refractivity contribution in [2.45, 2.75) is 25.3 Å². The second kappa shape index (κ2) is 7.02. The molecule has 2 N–H and O–H groups in total. The molecule has 0 bridgehead atoms. The van der Waals surface area contributed by atoms with Gasteiger partial charge in [-0.1, -0.05) is 6.42 Å². The van der Waals surface area contributed by atoms with Crippen LogP contribution in [0.1, 0.15) is 29.8 Å². The maximum atomic E-state index is 12.2. The van der Waals surface area contributed by atoms with Crippen LogP contribution in [-0.4, -0.2) is 47.9 Å². The second-order valence-corrected chi connectivity index (χ2v) is 8.33. The Morgan fingerprint density at radius 3 is 2.57 bits per heavy atom. The third-order valence-electron chi connectivity index (χ3n) is 3.69. The average molecular weight is 407 g/mol. The van der Waals surface area contributed by atoms with Gasteiger partial charge in [0.1, 0.15) is 11.7 Å². The summed E-state index contributed by atoms with van der Waals surface area (Å²) in [6.45, 7) is 0.315. The van der Waals surface area contributed by atoms with Crippen molar-refractivity contribution in [2.24, 2.45) is 7.05 Å². The Hall–Kier alpha value is -1.39. The van der Waals surface area contributed by atoms with E-state index in [1.54, 1.807) is 23.9 Å². The number of aryl methyl sites for hydroxylation is 1. The third kappa shape index (κ3) is 4.33. The zero-order chi connectivity index (χ0) is 17.2. The molecule has 1 aromatic heterocycles. The normalized spacial score (nSPS) is 19.3. The van der Waals surface area contributed by atoms with Gasteiger partial charge in [0.05, 0.1) is 6.26 Å². The smallest absolute Gasteiger partial charge is 0.286 e. The highest BCUT2D eigenvalue weighted by molar-refractivity contribution is 9.10. The van der Waals surface area contributed by atoms with Gasteiger partial charge in [-0.2, -0.15) is 4.31 Å².